The summed E-state index contributed by atoms with van der Waals surface area (Å²) in [6.07, 6.45) is 1.83. The molecule has 0 aliphatic rings. The minimum atomic E-state index is 0.575. The first-order valence-corrected chi connectivity index (χ1v) is 17.4. The molecule has 0 saturated heterocycles. The fourth-order valence-electron chi connectivity index (χ4n) is 5.98. The molecule has 52 heavy (non-hydrogen) atoms. The predicted octanol–water partition coefficient (Wildman–Crippen LogP) is 11.0. The van der Waals surface area contributed by atoms with Gasteiger partial charge in [0.25, 0.3) is 0 Å². The maximum absolute atomic E-state index is 5.01. The smallest absolute Gasteiger partial charge is 0.165 e. The van der Waals surface area contributed by atoms with Crippen molar-refractivity contribution in [1.82, 2.24) is 29.9 Å². The normalized spacial score (nSPS) is 11.1. The highest BCUT2D eigenvalue weighted by atomic mass is 15.0. The third kappa shape index (κ3) is 7.00. The second-order valence-corrected chi connectivity index (χ2v) is 13.2. The molecule has 0 atom stereocenters. The van der Waals surface area contributed by atoms with E-state index in [2.05, 4.69) is 131 Å². The van der Waals surface area contributed by atoms with Crippen molar-refractivity contribution < 1.29 is 0 Å². The fourth-order valence-corrected chi connectivity index (χ4v) is 5.98. The van der Waals surface area contributed by atoms with Gasteiger partial charge in [-0.15, -0.1) is 0 Å². The van der Waals surface area contributed by atoms with Crippen molar-refractivity contribution >= 4 is 0 Å². The highest BCUT2D eigenvalue weighted by molar-refractivity contribution is 5.74. The first kappa shape index (κ1) is 32.5. The highest BCUT2D eigenvalue weighted by Gasteiger charge is 2.14. The van der Waals surface area contributed by atoms with Crippen molar-refractivity contribution in [3.63, 3.8) is 0 Å². The van der Waals surface area contributed by atoms with Crippen LogP contribution in [0.4, 0.5) is 0 Å². The molecule has 0 radical (unpaired) electrons. The van der Waals surface area contributed by atoms with Gasteiger partial charge in [-0.3, -0.25) is 4.98 Å². The zero-order valence-electron chi connectivity index (χ0n) is 29.5. The van der Waals surface area contributed by atoms with Crippen LogP contribution in [-0.4, -0.2) is 29.9 Å². The van der Waals surface area contributed by atoms with E-state index in [1.165, 1.54) is 22.3 Å². The Bertz CT molecular complexity index is 2180. The SMILES string of the molecule is Cc1ccc(-c2cc(-c3ccc(C)cc3)nc(-c3ccc(-c4ccc(-c5nc(-c6ccc(C)cc6)nc(-c6ccc(C)cc6)n5)cn4)cc3)n2)cc1. The molecule has 0 aliphatic carbocycles. The van der Waals surface area contributed by atoms with Crippen molar-refractivity contribution in [3.8, 4) is 79.3 Å². The topological polar surface area (TPSA) is 77.3 Å². The second-order valence-electron chi connectivity index (χ2n) is 13.2. The Morgan fingerprint density at radius 1 is 0.269 bits per heavy atom. The van der Waals surface area contributed by atoms with Crippen LogP contribution in [0.25, 0.3) is 79.3 Å². The van der Waals surface area contributed by atoms with Gasteiger partial charge in [0.2, 0.25) is 0 Å². The molecule has 8 rings (SSSR count). The summed E-state index contributed by atoms with van der Waals surface area (Å²) in [6.45, 7) is 8.33. The molecule has 8 aromatic rings. The minimum Gasteiger partial charge on any atom is -0.255 e. The number of hydrogen-bond acceptors (Lipinski definition) is 6. The van der Waals surface area contributed by atoms with Gasteiger partial charge < -0.3 is 0 Å². The van der Waals surface area contributed by atoms with Gasteiger partial charge in [-0.2, -0.15) is 0 Å². The van der Waals surface area contributed by atoms with Gasteiger partial charge in [-0.1, -0.05) is 144 Å². The van der Waals surface area contributed by atoms with Gasteiger partial charge in [0.15, 0.2) is 23.3 Å². The molecular formula is C46H36N6. The van der Waals surface area contributed by atoms with Crippen LogP contribution >= 0.6 is 0 Å². The van der Waals surface area contributed by atoms with E-state index in [4.69, 9.17) is 29.9 Å². The lowest BCUT2D eigenvalue weighted by Crippen LogP contribution is -2.00. The van der Waals surface area contributed by atoms with E-state index >= 15 is 0 Å². The summed E-state index contributed by atoms with van der Waals surface area (Å²) >= 11 is 0. The monoisotopic (exact) mass is 672 g/mol. The number of aryl methyl sites for hydroxylation is 4. The molecule has 6 nitrogen and oxygen atoms in total. The summed E-state index contributed by atoms with van der Waals surface area (Å²) in [5, 5.41) is 0. The quantitative estimate of drug-likeness (QED) is 0.168. The number of rotatable bonds is 7. The van der Waals surface area contributed by atoms with E-state index in [1.54, 1.807) is 0 Å². The van der Waals surface area contributed by atoms with Gasteiger partial charge in [-0.05, 0) is 45.9 Å². The van der Waals surface area contributed by atoms with Gasteiger partial charge in [0, 0.05) is 45.1 Å². The molecule has 0 bridgehead atoms. The molecule has 0 unspecified atom stereocenters. The molecule has 0 spiro atoms. The van der Waals surface area contributed by atoms with Crippen molar-refractivity contribution in [2.24, 2.45) is 0 Å². The van der Waals surface area contributed by atoms with Crippen LogP contribution in [0, 0.1) is 27.7 Å². The van der Waals surface area contributed by atoms with Crippen molar-refractivity contribution in [3.05, 3.63) is 168 Å². The van der Waals surface area contributed by atoms with Crippen molar-refractivity contribution in [2.75, 3.05) is 0 Å². The average molecular weight is 673 g/mol. The van der Waals surface area contributed by atoms with E-state index in [0.29, 0.717) is 23.3 Å². The van der Waals surface area contributed by atoms with Crippen LogP contribution in [0.15, 0.2) is 146 Å². The number of aromatic nitrogens is 6. The van der Waals surface area contributed by atoms with E-state index in [9.17, 15) is 0 Å². The molecule has 0 saturated carbocycles. The number of hydrogen-bond donors (Lipinski definition) is 0. The Morgan fingerprint density at radius 2 is 0.558 bits per heavy atom. The Balaban J connectivity index is 1.11. The largest absolute Gasteiger partial charge is 0.255 e. The molecule has 0 fully saturated rings. The molecular weight excluding hydrogens is 637 g/mol. The Hall–Kier alpha value is -6.66. The maximum atomic E-state index is 5.01. The first-order chi connectivity index (χ1) is 25.3. The Kier molecular flexibility index (Phi) is 8.71. The van der Waals surface area contributed by atoms with Crippen LogP contribution < -0.4 is 0 Å². The summed E-state index contributed by atoms with van der Waals surface area (Å²) < 4.78 is 0. The molecule has 3 heterocycles. The first-order valence-electron chi connectivity index (χ1n) is 17.4. The molecule has 5 aromatic carbocycles. The Labute approximate surface area is 304 Å². The lowest BCUT2D eigenvalue weighted by molar-refractivity contribution is 1.07. The number of pyridine rings is 1. The van der Waals surface area contributed by atoms with E-state index in [0.717, 1.165) is 56.0 Å². The standard InChI is InChI=1S/C46H36N6/c1-29-5-13-34(14-6-29)41-27-42(35-15-7-30(2)8-16-35)49-43(48-41)38-23-21-33(22-24-38)40-26-25-39(28-47-40)46-51-44(36-17-9-31(3)10-18-36)50-45(52-46)37-19-11-32(4)12-20-37/h5-28H,1-4H3. The van der Waals surface area contributed by atoms with E-state index < -0.39 is 0 Å². The Morgan fingerprint density at radius 3 is 0.942 bits per heavy atom. The van der Waals surface area contributed by atoms with Crippen molar-refractivity contribution in [2.45, 2.75) is 27.7 Å². The summed E-state index contributed by atoms with van der Waals surface area (Å²) in [5.74, 6) is 2.50. The van der Waals surface area contributed by atoms with Crippen LogP contribution in [0.2, 0.25) is 0 Å². The lowest BCUT2D eigenvalue weighted by Gasteiger charge is -2.11. The molecule has 6 heteroatoms. The molecule has 0 aliphatic heterocycles. The minimum absolute atomic E-state index is 0.575. The fraction of sp³-hybridized carbons (Fsp3) is 0.0870. The van der Waals surface area contributed by atoms with Crippen molar-refractivity contribution in [1.29, 1.82) is 0 Å². The molecule has 0 N–H and O–H groups in total. The second kappa shape index (κ2) is 13.9. The zero-order chi connectivity index (χ0) is 35.6. The molecule has 0 amide bonds. The number of nitrogens with zero attached hydrogens (tertiary/aromatic N) is 6. The van der Waals surface area contributed by atoms with Crippen LogP contribution in [0.5, 0.6) is 0 Å². The third-order valence-corrected chi connectivity index (χ3v) is 9.14. The molecule has 250 valence electrons. The average Bonchev–Trinajstić information content (AvgIpc) is 3.19. The third-order valence-electron chi connectivity index (χ3n) is 9.14. The van der Waals surface area contributed by atoms with Crippen LogP contribution in [-0.2, 0) is 0 Å². The van der Waals surface area contributed by atoms with E-state index in [1.807, 2.05) is 42.6 Å². The molecule has 3 aromatic heterocycles. The van der Waals surface area contributed by atoms with E-state index in [-0.39, 0.29) is 0 Å². The van der Waals surface area contributed by atoms with Gasteiger partial charge >= 0.3 is 0 Å². The van der Waals surface area contributed by atoms with Gasteiger partial charge in [-0.25, -0.2) is 24.9 Å². The summed E-state index contributed by atoms with van der Waals surface area (Å²) in [7, 11) is 0. The maximum Gasteiger partial charge on any atom is 0.165 e. The van der Waals surface area contributed by atoms with Crippen LogP contribution in [0.3, 0.4) is 0 Å². The summed E-state index contributed by atoms with van der Waals surface area (Å²) in [4.78, 5) is 29.5. The lowest BCUT2D eigenvalue weighted by atomic mass is 10.0. The number of benzene rings is 5. The van der Waals surface area contributed by atoms with Crippen LogP contribution in [0.1, 0.15) is 22.3 Å². The summed E-state index contributed by atoms with van der Waals surface area (Å²) in [6, 6.07) is 47.7. The summed E-state index contributed by atoms with van der Waals surface area (Å²) in [5.41, 5.74) is 14.1. The highest BCUT2D eigenvalue weighted by Crippen LogP contribution is 2.30. The van der Waals surface area contributed by atoms with Gasteiger partial charge in [0.1, 0.15) is 0 Å². The zero-order valence-corrected chi connectivity index (χ0v) is 29.5. The van der Waals surface area contributed by atoms with Gasteiger partial charge in [0.05, 0.1) is 17.1 Å². The predicted molar refractivity (Wildman–Crippen MR) is 210 cm³/mol.